The highest BCUT2D eigenvalue weighted by atomic mass is 28.4. The minimum absolute atomic E-state index is 0.118. The summed E-state index contributed by atoms with van der Waals surface area (Å²) in [6.45, 7) is 5.06. The first-order valence-electron chi connectivity index (χ1n) is 2.82. The largest absolute Gasteiger partial charge is 0.0720 e. The van der Waals surface area contributed by atoms with E-state index in [1.54, 1.807) is 0 Å². The first kappa shape index (κ1) is 3.44. The second kappa shape index (κ2) is 0.691. The fourth-order valence-electron chi connectivity index (χ4n) is 1.86. The van der Waals surface area contributed by atoms with Gasteiger partial charge in [0.25, 0.3) is 0 Å². The Balaban J connectivity index is 2.06. The van der Waals surface area contributed by atoms with Crippen LogP contribution >= 0.6 is 0 Å². The third kappa shape index (κ3) is 0.194. The third-order valence-corrected chi connectivity index (χ3v) is 16.4. The number of hydrogen-bond acceptors (Lipinski definition) is 0. The quantitative estimate of drug-likeness (QED) is 0.403. The Morgan fingerprint density at radius 3 is 1.33 bits per heavy atom. The summed E-state index contributed by atoms with van der Waals surface area (Å²) in [5, 5.41) is 2.93. The van der Waals surface area contributed by atoms with Crippen molar-refractivity contribution in [3.8, 4) is 0 Å². The van der Waals surface area contributed by atoms with Gasteiger partial charge in [-0.15, -0.1) is 0 Å². The van der Waals surface area contributed by atoms with E-state index in [1.807, 2.05) is 0 Å². The molecule has 0 radical (unpaired) electrons. The van der Waals surface area contributed by atoms with E-state index in [0.29, 0.717) is 0 Å². The second-order valence-electron chi connectivity index (χ2n) is 2.87. The number of hydrogen-bond donors (Lipinski definition) is 0. The van der Waals surface area contributed by atoms with Crippen molar-refractivity contribution < 1.29 is 0 Å². The zero-order valence-electron chi connectivity index (χ0n) is 4.31. The van der Waals surface area contributed by atoms with Crippen LogP contribution in [0.25, 0.3) is 0 Å². The second-order valence-corrected chi connectivity index (χ2v) is 10.9. The van der Waals surface area contributed by atoms with E-state index < -0.39 is 0 Å². The highest BCUT2D eigenvalue weighted by Gasteiger charge is 2.69. The molecular weight excluding hydrogens is 104 g/mol. The monoisotopic (exact) mass is 114 g/mol. The summed E-state index contributed by atoms with van der Waals surface area (Å²) in [7, 11) is 0.236. The van der Waals surface area contributed by atoms with Crippen LogP contribution in [0.1, 0.15) is 0 Å². The first-order chi connectivity index (χ1) is 2.82. The molecule has 2 heteroatoms. The smallest absolute Gasteiger partial charge is 0.0335 e. The molecule has 0 spiro atoms. The van der Waals surface area contributed by atoms with E-state index in [2.05, 4.69) is 13.1 Å². The fourth-order valence-corrected chi connectivity index (χ4v) is 16.8. The van der Waals surface area contributed by atoms with Crippen LogP contribution in [0.3, 0.4) is 0 Å². The SMILES string of the molecule is C[SiH]1C2C1[SiH]2C. The molecule has 0 atom stereocenters. The Labute approximate surface area is 41.8 Å². The standard InChI is InChI=1S/C4H10Si2/c1-5-3-4(5)6(3)2/h3-6H,1-2H3. The minimum atomic E-state index is 0.118. The fraction of sp³-hybridized carbons (Fsp3) is 1.00. The predicted octanol–water partition coefficient (Wildman–Crippen LogP) is 0.546. The topological polar surface area (TPSA) is 0 Å². The summed E-state index contributed by atoms with van der Waals surface area (Å²) >= 11 is 0. The molecule has 2 saturated heterocycles. The van der Waals surface area contributed by atoms with Crippen molar-refractivity contribution in [2.45, 2.75) is 23.4 Å². The Morgan fingerprint density at radius 2 is 1.33 bits per heavy atom. The van der Waals surface area contributed by atoms with Crippen LogP contribution in [-0.2, 0) is 0 Å². The molecule has 0 saturated carbocycles. The maximum absolute atomic E-state index is 2.53. The molecule has 0 nitrogen and oxygen atoms in total. The molecule has 0 aromatic carbocycles. The van der Waals surface area contributed by atoms with Gasteiger partial charge < -0.3 is 0 Å². The summed E-state index contributed by atoms with van der Waals surface area (Å²) in [6, 6.07) is 0. The predicted molar refractivity (Wildman–Crippen MR) is 33.5 cm³/mol. The minimum Gasteiger partial charge on any atom is -0.0720 e. The van der Waals surface area contributed by atoms with E-state index >= 15 is 0 Å². The molecule has 0 aromatic rings. The van der Waals surface area contributed by atoms with E-state index in [1.165, 1.54) is 10.3 Å². The Kier molecular flexibility index (Phi) is 0.396. The maximum Gasteiger partial charge on any atom is 0.0335 e. The van der Waals surface area contributed by atoms with E-state index in [4.69, 9.17) is 0 Å². The van der Waals surface area contributed by atoms with Crippen LogP contribution in [0.5, 0.6) is 0 Å². The lowest BCUT2D eigenvalue weighted by Crippen LogP contribution is -2.05. The van der Waals surface area contributed by atoms with Gasteiger partial charge in [0.1, 0.15) is 0 Å². The van der Waals surface area contributed by atoms with Crippen molar-refractivity contribution in [1.82, 2.24) is 0 Å². The molecule has 0 amide bonds. The van der Waals surface area contributed by atoms with Crippen molar-refractivity contribution in [2.24, 2.45) is 0 Å². The van der Waals surface area contributed by atoms with Crippen LogP contribution in [0.2, 0.25) is 23.4 Å². The zero-order valence-corrected chi connectivity index (χ0v) is 6.62. The highest BCUT2D eigenvalue weighted by molar-refractivity contribution is 7.14. The summed E-state index contributed by atoms with van der Waals surface area (Å²) in [5.74, 6) is 0. The lowest BCUT2D eigenvalue weighted by molar-refractivity contribution is 1.69. The normalized spacial score (nSPS) is 73.0. The Morgan fingerprint density at radius 1 is 1.00 bits per heavy atom. The van der Waals surface area contributed by atoms with Gasteiger partial charge in [-0.25, -0.2) is 0 Å². The van der Waals surface area contributed by atoms with Crippen LogP contribution in [0, 0.1) is 0 Å². The third-order valence-electron chi connectivity index (χ3n) is 2.59. The van der Waals surface area contributed by atoms with Crippen LogP contribution < -0.4 is 0 Å². The summed E-state index contributed by atoms with van der Waals surface area (Å²) in [4.78, 5) is 0. The van der Waals surface area contributed by atoms with Gasteiger partial charge in [0.15, 0.2) is 0 Å². The molecule has 0 aliphatic carbocycles. The lowest BCUT2D eigenvalue weighted by atomic mass is 11.0. The summed E-state index contributed by atoms with van der Waals surface area (Å²) in [5.41, 5.74) is 0. The molecule has 2 heterocycles. The molecule has 2 fully saturated rings. The number of rotatable bonds is 0. The molecule has 0 unspecified atom stereocenters. The van der Waals surface area contributed by atoms with Gasteiger partial charge in [0.05, 0.1) is 0 Å². The van der Waals surface area contributed by atoms with Crippen molar-refractivity contribution in [3.05, 3.63) is 0 Å². The summed E-state index contributed by atoms with van der Waals surface area (Å²) < 4.78 is 0. The zero-order chi connectivity index (χ0) is 4.31. The highest BCUT2D eigenvalue weighted by Crippen LogP contribution is 2.71. The van der Waals surface area contributed by atoms with Gasteiger partial charge in [-0.1, -0.05) is 23.4 Å². The molecule has 0 aromatic heterocycles. The van der Waals surface area contributed by atoms with Crippen molar-refractivity contribution >= 4 is 17.6 Å². The van der Waals surface area contributed by atoms with Gasteiger partial charge in [0, 0.05) is 17.6 Å². The van der Waals surface area contributed by atoms with Crippen LogP contribution in [0.4, 0.5) is 0 Å². The van der Waals surface area contributed by atoms with Crippen LogP contribution in [-0.4, -0.2) is 17.6 Å². The van der Waals surface area contributed by atoms with Gasteiger partial charge in [-0.05, 0) is 0 Å². The Hall–Kier alpha value is 0.434. The van der Waals surface area contributed by atoms with Crippen molar-refractivity contribution in [3.63, 3.8) is 0 Å². The lowest BCUT2D eigenvalue weighted by Gasteiger charge is -1.91. The van der Waals surface area contributed by atoms with Gasteiger partial charge in [-0.3, -0.25) is 0 Å². The molecule has 6 heavy (non-hydrogen) atoms. The molecule has 0 bridgehead atoms. The molecule has 2 aliphatic rings. The maximum atomic E-state index is 2.53. The van der Waals surface area contributed by atoms with Crippen molar-refractivity contribution in [2.75, 3.05) is 0 Å². The molecule has 34 valence electrons. The van der Waals surface area contributed by atoms with E-state index in [-0.39, 0.29) is 17.6 Å². The molecule has 2 aliphatic heterocycles. The number of fused-ring (bicyclic) bond motifs is 1. The van der Waals surface area contributed by atoms with E-state index in [9.17, 15) is 0 Å². The summed E-state index contributed by atoms with van der Waals surface area (Å²) in [6.07, 6.45) is 0. The van der Waals surface area contributed by atoms with Gasteiger partial charge in [-0.2, -0.15) is 0 Å². The average Bonchev–Trinajstić information content (AvgIpc) is 2.28. The van der Waals surface area contributed by atoms with E-state index in [0.717, 1.165) is 0 Å². The first-order valence-corrected chi connectivity index (χ1v) is 7.80. The molecule has 2 rings (SSSR count). The average molecular weight is 114 g/mol. The molecule has 0 N–H and O–H groups in total. The van der Waals surface area contributed by atoms with Crippen molar-refractivity contribution in [1.29, 1.82) is 0 Å². The van der Waals surface area contributed by atoms with Crippen LogP contribution in [0.15, 0.2) is 0 Å². The van der Waals surface area contributed by atoms with Gasteiger partial charge in [0.2, 0.25) is 0 Å². The Bertz CT molecular complexity index is 71.5. The van der Waals surface area contributed by atoms with Gasteiger partial charge >= 0.3 is 0 Å². The molecular formula is C4H10Si2.